The summed E-state index contributed by atoms with van der Waals surface area (Å²) in [5.74, 6) is 2.47. The standard InChI is InChI=1S/C15H20BrNOS/c1-12-3-2-8-17(9-12)15(18)11-19-10-13-4-6-14(16)7-5-13/h4-7,12H,2-3,8-11H2,1H3/t12-/m1/s1. The number of nitrogens with zero attached hydrogens (tertiary/aromatic N) is 1. The van der Waals surface area contributed by atoms with Crippen LogP contribution in [0, 0.1) is 5.92 Å². The number of benzene rings is 1. The maximum atomic E-state index is 12.1. The van der Waals surface area contributed by atoms with E-state index in [1.165, 1.54) is 12.0 Å². The van der Waals surface area contributed by atoms with Crippen LogP contribution in [-0.2, 0) is 10.5 Å². The van der Waals surface area contributed by atoms with Crippen molar-refractivity contribution in [2.24, 2.45) is 5.92 Å². The minimum Gasteiger partial charge on any atom is -0.342 e. The molecule has 104 valence electrons. The number of hydrogen-bond donors (Lipinski definition) is 0. The second-order valence-electron chi connectivity index (χ2n) is 5.21. The molecule has 2 nitrogen and oxygen atoms in total. The molecular formula is C15H20BrNOS. The summed E-state index contributed by atoms with van der Waals surface area (Å²) in [4.78, 5) is 14.1. The maximum Gasteiger partial charge on any atom is 0.232 e. The fraction of sp³-hybridized carbons (Fsp3) is 0.533. The quantitative estimate of drug-likeness (QED) is 0.826. The largest absolute Gasteiger partial charge is 0.342 e. The van der Waals surface area contributed by atoms with Crippen molar-refractivity contribution in [3.63, 3.8) is 0 Å². The molecule has 1 saturated heterocycles. The number of hydrogen-bond acceptors (Lipinski definition) is 2. The van der Waals surface area contributed by atoms with Gasteiger partial charge in [0.25, 0.3) is 0 Å². The van der Waals surface area contributed by atoms with Crippen LogP contribution >= 0.6 is 27.7 Å². The normalized spacial score (nSPS) is 19.5. The third-order valence-corrected chi connectivity index (χ3v) is 4.93. The Hall–Kier alpha value is -0.480. The minimum atomic E-state index is 0.300. The van der Waals surface area contributed by atoms with Crippen LogP contribution in [0.4, 0.5) is 0 Å². The van der Waals surface area contributed by atoms with Gasteiger partial charge >= 0.3 is 0 Å². The molecule has 0 spiro atoms. The van der Waals surface area contributed by atoms with Crippen LogP contribution in [0.15, 0.2) is 28.7 Å². The fourth-order valence-electron chi connectivity index (χ4n) is 2.34. The van der Waals surface area contributed by atoms with Crippen molar-refractivity contribution in [2.75, 3.05) is 18.8 Å². The molecule has 0 bridgehead atoms. The molecule has 1 aromatic rings. The van der Waals surface area contributed by atoms with Crippen molar-refractivity contribution >= 4 is 33.6 Å². The number of halogens is 1. The molecule has 1 atom stereocenters. The van der Waals surface area contributed by atoms with E-state index < -0.39 is 0 Å². The molecule has 0 aromatic heterocycles. The van der Waals surface area contributed by atoms with Gasteiger partial charge in [0.1, 0.15) is 0 Å². The molecule has 0 N–H and O–H groups in total. The van der Waals surface area contributed by atoms with Crippen molar-refractivity contribution in [1.29, 1.82) is 0 Å². The van der Waals surface area contributed by atoms with Crippen LogP contribution in [-0.4, -0.2) is 29.6 Å². The SMILES string of the molecule is C[C@@H]1CCCN(C(=O)CSCc2ccc(Br)cc2)C1. The Morgan fingerprint density at radius 3 is 2.84 bits per heavy atom. The zero-order valence-electron chi connectivity index (χ0n) is 11.3. The lowest BCUT2D eigenvalue weighted by Gasteiger charge is -2.30. The summed E-state index contributed by atoms with van der Waals surface area (Å²) < 4.78 is 1.10. The molecule has 1 heterocycles. The van der Waals surface area contributed by atoms with E-state index in [4.69, 9.17) is 0 Å². The third kappa shape index (κ3) is 4.84. The summed E-state index contributed by atoms with van der Waals surface area (Å²) in [7, 11) is 0. The van der Waals surface area contributed by atoms with E-state index in [2.05, 4.69) is 35.0 Å². The first-order valence-electron chi connectivity index (χ1n) is 6.75. The van der Waals surface area contributed by atoms with Gasteiger partial charge in [-0.3, -0.25) is 4.79 Å². The molecule has 0 radical (unpaired) electrons. The van der Waals surface area contributed by atoms with Crippen molar-refractivity contribution in [3.8, 4) is 0 Å². The van der Waals surface area contributed by atoms with Gasteiger partial charge in [-0.2, -0.15) is 0 Å². The van der Waals surface area contributed by atoms with E-state index in [1.54, 1.807) is 11.8 Å². The lowest BCUT2D eigenvalue weighted by molar-refractivity contribution is -0.130. The summed E-state index contributed by atoms with van der Waals surface area (Å²) in [6.45, 7) is 4.12. The summed E-state index contributed by atoms with van der Waals surface area (Å²) >= 11 is 5.14. The zero-order chi connectivity index (χ0) is 13.7. The summed E-state index contributed by atoms with van der Waals surface area (Å²) in [5.41, 5.74) is 1.27. The van der Waals surface area contributed by atoms with Crippen LogP contribution in [0.3, 0.4) is 0 Å². The molecule has 4 heteroatoms. The Morgan fingerprint density at radius 2 is 2.16 bits per heavy atom. The number of rotatable bonds is 4. The van der Waals surface area contributed by atoms with Crippen molar-refractivity contribution in [2.45, 2.75) is 25.5 Å². The smallest absolute Gasteiger partial charge is 0.232 e. The molecular weight excluding hydrogens is 322 g/mol. The monoisotopic (exact) mass is 341 g/mol. The van der Waals surface area contributed by atoms with Gasteiger partial charge in [-0.05, 0) is 36.5 Å². The molecule has 1 fully saturated rings. The lowest BCUT2D eigenvalue weighted by Crippen LogP contribution is -2.40. The molecule has 1 aromatic carbocycles. The molecule has 1 aliphatic rings. The molecule has 0 unspecified atom stereocenters. The van der Waals surface area contributed by atoms with E-state index in [-0.39, 0.29) is 0 Å². The number of amides is 1. The van der Waals surface area contributed by atoms with Gasteiger partial charge in [0.15, 0.2) is 0 Å². The van der Waals surface area contributed by atoms with Crippen LogP contribution in [0.25, 0.3) is 0 Å². The molecule has 0 saturated carbocycles. The molecule has 1 amide bonds. The average Bonchev–Trinajstić information content (AvgIpc) is 2.41. The highest BCUT2D eigenvalue weighted by Gasteiger charge is 2.20. The summed E-state index contributed by atoms with van der Waals surface area (Å²) in [6.07, 6.45) is 2.42. The Labute approximate surface area is 128 Å². The highest BCUT2D eigenvalue weighted by molar-refractivity contribution is 9.10. The summed E-state index contributed by atoms with van der Waals surface area (Å²) in [5, 5.41) is 0. The predicted molar refractivity (Wildman–Crippen MR) is 85.3 cm³/mol. The zero-order valence-corrected chi connectivity index (χ0v) is 13.7. The van der Waals surface area contributed by atoms with Gasteiger partial charge in [-0.1, -0.05) is 35.0 Å². The van der Waals surface area contributed by atoms with Crippen LogP contribution in [0.1, 0.15) is 25.3 Å². The van der Waals surface area contributed by atoms with Crippen LogP contribution in [0.2, 0.25) is 0 Å². The van der Waals surface area contributed by atoms with Crippen molar-refractivity contribution < 1.29 is 4.79 Å². The molecule has 19 heavy (non-hydrogen) atoms. The fourth-order valence-corrected chi connectivity index (χ4v) is 3.50. The highest BCUT2D eigenvalue weighted by Crippen LogP contribution is 2.19. The van der Waals surface area contributed by atoms with Crippen molar-refractivity contribution in [3.05, 3.63) is 34.3 Å². The number of carbonyl (C=O) groups excluding carboxylic acids is 1. The molecule has 1 aliphatic heterocycles. The molecule has 2 rings (SSSR count). The first-order chi connectivity index (χ1) is 9.15. The second kappa shape index (κ2) is 7.34. The second-order valence-corrected chi connectivity index (χ2v) is 7.11. The van der Waals surface area contributed by atoms with Gasteiger partial charge in [-0.25, -0.2) is 0 Å². The van der Waals surface area contributed by atoms with E-state index in [0.29, 0.717) is 17.6 Å². The van der Waals surface area contributed by atoms with Gasteiger partial charge in [-0.15, -0.1) is 11.8 Å². The number of thioether (sulfide) groups is 1. The lowest BCUT2D eigenvalue weighted by atomic mass is 10.0. The highest BCUT2D eigenvalue weighted by atomic mass is 79.9. The topological polar surface area (TPSA) is 20.3 Å². The first-order valence-corrected chi connectivity index (χ1v) is 8.70. The van der Waals surface area contributed by atoms with Gasteiger partial charge < -0.3 is 4.90 Å². The van der Waals surface area contributed by atoms with Crippen molar-refractivity contribution in [1.82, 2.24) is 4.90 Å². The van der Waals surface area contributed by atoms with E-state index in [0.717, 1.165) is 29.7 Å². The number of carbonyl (C=O) groups is 1. The Morgan fingerprint density at radius 1 is 1.42 bits per heavy atom. The van der Waals surface area contributed by atoms with E-state index in [9.17, 15) is 4.79 Å². The predicted octanol–water partition coefficient (Wildman–Crippen LogP) is 3.94. The van der Waals surface area contributed by atoms with Gasteiger partial charge in [0.2, 0.25) is 5.91 Å². The maximum absolute atomic E-state index is 12.1. The number of piperidine rings is 1. The number of likely N-dealkylation sites (tertiary alicyclic amines) is 1. The van der Waals surface area contributed by atoms with Gasteiger partial charge in [0, 0.05) is 23.3 Å². The van der Waals surface area contributed by atoms with E-state index >= 15 is 0 Å². The van der Waals surface area contributed by atoms with Gasteiger partial charge in [0.05, 0.1) is 5.75 Å². The minimum absolute atomic E-state index is 0.300. The van der Waals surface area contributed by atoms with Crippen LogP contribution in [0.5, 0.6) is 0 Å². The molecule has 0 aliphatic carbocycles. The third-order valence-electron chi connectivity index (χ3n) is 3.42. The first kappa shape index (κ1) is 14.9. The summed E-state index contributed by atoms with van der Waals surface area (Å²) in [6, 6.07) is 8.29. The van der Waals surface area contributed by atoms with Crippen LogP contribution < -0.4 is 0 Å². The Bertz CT molecular complexity index is 421. The average molecular weight is 342 g/mol. The Balaban J connectivity index is 1.73. The Kier molecular flexibility index (Phi) is 5.76. The van der Waals surface area contributed by atoms with E-state index in [1.807, 2.05) is 17.0 Å².